The van der Waals surface area contributed by atoms with Crippen LogP contribution in [0.4, 0.5) is 17.6 Å². The second-order valence-electron chi connectivity index (χ2n) is 3.64. The first-order chi connectivity index (χ1) is 8.84. The van der Waals surface area contributed by atoms with Gasteiger partial charge in [-0.25, -0.2) is 4.39 Å². The molecule has 0 aliphatic heterocycles. The molecule has 0 amide bonds. The maximum atomic E-state index is 12.8. The number of carbonyl (C=O) groups excluding carboxylic acids is 1. The Morgan fingerprint density at radius 1 is 1.37 bits per heavy atom. The van der Waals surface area contributed by atoms with Crippen LogP contribution in [-0.4, -0.2) is 12.6 Å². The second-order valence-corrected chi connectivity index (χ2v) is 3.64. The van der Waals surface area contributed by atoms with Gasteiger partial charge in [0, 0.05) is 0 Å². The summed E-state index contributed by atoms with van der Waals surface area (Å²) >= 11 is 0. The number of esters is 1. The number of rotatable bonds is 4. The number of benzene rings is 1. The zero-order valence-electron chi connectivity index (χ0n) is 10.1. The van der Waals surface area contributed by atoms with Crippen molar-refractivity contribution in [3.63, 3.8) is 0 Å². The van der Waals surface area contributed by atoms with Gasteiger partial charge in [-0.3, -0.25) is 4.79 Å². The van der Waals surface area contributed by atoms with Crippen LogP contribution in [0.2, 0.25) is 0 Å². The van der Waals surface area contributed by atoms with E-state index < -0.39 is 23.5 Å². The van der Waals surface area contributed by atoms with E-state index in [2.05, 4.69) is 4.74 Å². The van der Waals surface area contributed by atoms with Crippen LogP contribution in [0.3, 0.4) is 0 Å². The summed E-state index contributed by atoms with van der Waals surface area (Å²) in [5, 5.41) is 0. The lowest BCUT2D eigenvalue weighted by molar-refractivity contribution is -0.142. The molecule has 0 atom stereocenters. The van der Waals surface area contributed by atoms with Gasteiger partial charge in [-0.05, 0) is 24.6 Å². The van der Waals surface area contributed by atoms with E-state index in [0.29, 0.717) is 6.07 Å². The first-order valence-corrected chi connectivity index (χ1v) is 5.53. The summed E-state index contributed by atoms with van der Waals surface area (Å²) in [6.07, 6.45) is -2.41. The molecule has 1 aromatic carbocycles. The summed E-state index contributed by atoms with van der Waals surface area (Å²) in [7, 11) is 0. The average Bonchev–Trinajstić information content (AvgIpc) is 2.30. The SMILES string of the molecule is CCOC(=O)CC=Cc1ccc(F)cc1C(F)(F)F. The van der Waals surface area contributed by atoms with Crippen molar-refractivity contribution >= 4 is 12.0 Å². The molecule has 0 aliphatic rings. The zero-order chi connectivity index (χ0) is 14.5. The Kier molecular flexibility index (Phi) is 5.09. The molecule has 19 heavy (non-hydrogen) atoms. The monoisotopic (exact) mass is 276 g/mol. The number of ether oxygens (including phenoxy) is 1. The van der Waals surface area contributed by atoms with Crippen molar-refractivity contribution in [2.24, 2.45) is 0 Å². The van der Waals surface area contributed by atoms with Crippen molar-refractivity contribution in [3.8, 4) is 0 Å². The molecule has 0 unspecified atom stereocenters. The minimum atomic E-state index is -4.65. The molecule has 0 bridgehead atoms. The topological polar surface area (TPSA) is 26.3 Å². The zero-order valence-corrected chi connectivity index (χ0v) is 10.1. The number of halogens is 4. The summed E-state index contributed by atoms with van der Waals surface area (Å²) in [5.41, 5.74) is -1.27. The Balaban J connectivity index is 2.89. The molecule has 0 saturated carbocycles. The Morgan fingerprint density at radius 2 is 2.05 bits per heavy atom. The standard InChI is InChI=1S/C13H12F4O2/c1-2-19-12(18)5-3-4-9-6-7-10(14)8-11(9)13(15,16)17/h3-4,6-8H,2,5H2,1H3. The van der Waals surface area contributed by atoms with Gasteiger partial charge in [0.1, 0.15) is 5.82 Å². The van der Waals surface area contributed by atoms with Crippen LogP contribution in [-0.2, 0) is 15.7 Å². The molecule has 0 aliphatic carbocycles. The minimum absolute atomic E-state index is 0.136. The van der Waals surface area contributed by atoms with Gasteiger partial charge in [-0.1, -0.05) is 18.2 Å². The minimum Gasteiger partial charge on any atom is -0.466 e. The van der Waals surface area contributed by atoms with Crippen LogP contribution in [0.1, 0.15) is 24.5 Å². The molecular weight excluding hydrogens is 264 g/mol. The van der Waals surface area contributed by atoms with Crippen molar-refractivity contribution in [1.82, 2.24) is 0 Å². The second kappa shape index (κ2) is 6.36. The van der Waals surface area contributed by atoms with E-state index in [4.69, 9.17) is 0 Å². The van der Waals surface area contributed by atoms with Crippen LogP contribution < -0.4 is 0 Å². The summed E-state index contributed by atoms with van der Waals surface area (Å²) in [5.74, 6) is -1.50. The molecule has 0 aromatic heterocycles. The summed E-state index contributed by atoms with van der Waals surface area (Å²) in [6, 6.07) is 2.36. The van der Waals surface area contributed by atoms with E-state index in [1.165, 1.54) is 6.08 Å². The Hall–Kier alpha value is -1.85. The number of carbonyl (C=O) groups is 1. The first-order valence-electron chi connectivity index (χ1n) is 5.53. The van der Waals surface area contributed by atoms with Crippen molar-refractivity contribution in [1.29, 1.82) is 0 Å². The third kappa shape index (κ3) is 4.73. The molecule has 1 rings (SSSR count). The molecule has 1 aromatic rings. The summed E-state index contributed by atoms with van der Waals surface area (Å²) < 4.78 is 55.4. The molecule has 0 N–H and O–H groups in total. The van der Waals surface area contributed by atoms with Crippen molar-refractivity contribution in [2.45, 2.75) is 19.5 Å². The third-order valence-corrected chi connectivity index (χ3v) is 2.21. The number of hydrogen-bond donors (Lipinski definition) is 0. The van der Waals surface area contributed by atoms with Crippen LogP contribution >= 0.6 is 0 Å². The summed E-state index contributed by atoms with van der Waals surface area (Å²) in [4.78, 5) is 11.0. The fourth-order valence-electron chi connectivity index (χ4n) is 1.42. The van der Waals surface area contributed by atoms with Gasteiger partial charge < -0.3 is 4.74 Å². The average molecular weight is 276 g/mol. The number of alkyl halides is 3. The Morgan fingerprint density at radius 3 is 2.63 bits per heavy atom. The lowest BCUT2D eigenvalue weighted by Crippen LogP contribution is -2.08. The van der Waals surface area contributed by atoms with E-state index in [0.717, 1.165) is 18.2 Å². The Labute approximate surface area is 107 Å². The van der Waals surface area contributed by atoms with Gasteiger partial charge in [-0.15, -0.1) is 0 Å². The van der Waals surface area contributed by atoms with E-state index in [9.17, 15) is 22.4 Å². The van der Waals surface area contributed by atoms with Gasteiger partial charge in [0.25, 0.3) is 0 Å². The van der Waals surface area contributed by atoms with Gasteiger partial charge >= 0.3 is 12.1 Å². The highest BCUT2D eigenvalue weighted by atomic mass is 19.4. The molecule has 0 heterocycles. The highest BCUT2D eigenvalue weighted by Gasteiger charge is 2.33. The van der Waals surface area contributed by atoms with E-state index in [1.807, 2.05) is 0 Å². The van der Waals surface area contributed by atoms with Crippen molar-refractivity contribution < 1.29 is 27.1 Å². The van der Waals surface area contributed by atoms with Crippen LogP contribution in [0, 0.1) is 5.82 Å². The Bertz CT molecular complexity index is 478. The first kappa shape index (κ1) is 15.2. The van der Waals surface area contributed by atoms with E-state index in [1.54, 1.807) is 6.92 Å². The molecule has 104 valence electrons. The molecule has 0 spiro atoms. The molecule has 6 heteroatoms. The van der Waals surface area contributed by atoms with Crippen LogP contribution in [0.15, 0.2) is 24.3 Å². The fraction of sp³-hybridized carbons (Fsp3) is 0.308. The summed E-state index contributed by atoms with van der Waals surface area (Å²) in [6.45, 7) is 1.83. The maximum Gasteiger partial charge on any atom is 0.417 e. The quantitative estimate of drug-likeness (QED) is 0.617. The van der Waals surface area contributed by atoms with Crippen molar-refractivity contribution in [2.75, 3.05) is 6.61 Å². The van der Waals surface area contributed by atoms with Crippen LogP contribution in [0.5, 0.6) is 0 Å². The van der Waals surface area contributed by atoms with Gasteiger partial charge in [0.15, 0.2) is 0 Å². The fourth-order valence-corrected chi connectivity index (χ4v) is 1.42. The smallest absolute Gasteiger partial charge is 0.417 e. The predicted octanol–water partition coefficient (Wildman–Crippen LogP) is 3.81. The normalized spacial score (nSPS) is 11.8. The van der Waals surface area contributed by atoms with Crippen molar-refractivity contribution in [3.05, 3.63) is 41.2 Å². The van der Waals surface area contributed by atoms with E-state index >= 15 is 0 Å². The molecule has 0 saturated heterocycles. The third-order valence-electron chi connectivity index (χ3n) is 2.21. The largest absolute Gasteiger partial charge is 0.466 e. The van der Waals surface area contributed by atoms with E-state index in [-0.39, 0.29) is 18.6 Å². The highest BCUT2D eigenvalue weighted by molar-refractivity contribution is 5.72. The van der Waals surface area contributed by atoms with Gasteiger partial charge in [0.05, 0.1) is 18.6 Å². The number of hydrogen-bond acceptors (Lipinski definition) is 2. The molecule has 0 fully saturated rings. The van der Waals surface area contributed by atoms with Crippen LogP contribution in [0.25, 0.3) is 6.08 Å². The van der Waals surface area contributed by atoms with Gasteiger partial charge in [-0.2, -0.15) is 13.2 Å². The highest BCUT2D eigenvalue weighted by Crippen LogP contribution is 2.33. The maximum absolute atomic E-state index is 12.8. The molecular formula is C13H12F4O2. The lowest BCUT2D eigenvalue weighted by atomic mass is 10.1. The lowest BCUT2D eigenvalue weighted by Gasteiger charge is -2.10. The molecule has 0 radical (unpaired) electrons. The van der Waals surface area contributed by atoms with Gasteiger partial charge in [0.2, 0.25) is 0 Å². The predicted molar refractivity (Wildman–Crippen MR) is 61.7 cm³/mol. The molecule has 2 nitrogen and oxygen atoms in total.